The van der Waals surface area contributed by atoms with Crippen molar-refractivity contribution in [1.29, 1.82) is 0 Å². The van der Waals surface area contributed by atoms with E-state index in [1.165, 1.54) is 174 Å². The van der Waals surface area contributed by atoms with Crippen molar-refractivity contribution < 1.29 is 0 Å². The van der Waals surface area contributed by atoms with Gasteiger partial charge in [-0.1, -0.05) is 297 Å². The predicted octanol–water partition coefficient (Wildman–Crippen LogP) is 23.8. The molecule has 0 heterocycles. The van der Waals surface area contributed by atoms with E-state index in [0.717, 1.165) is 0 Å². The Kier molecular flexibility index (Phi) is 11.0. The highest BCUT2D eigenvalue weighted by Crippen LogP contribution is 2.47. The van der Waals surface area contributed by atoms with E-state index < -0.39 is 0 Å². The molecule has 18 rings (SSSR count). The first-order valence-corrected chi connectivity index (χ1v) is 29.2. The van der Waals surface area contributed by atoms with E-state index in [1.54, 1.807) is 0 Å². The molecule has 0 saturated heterocycles. The quantitative estimate of drug-likeness (QED) is 0.115. The van der Waals surface area contributed by atoms with Gasteiger partial charge in [0.05, 0.1) is 0 Å². The van der Waals surface area contributed by atoms with Gasteiger partial charge in [0.15, 0.2) is 0 Å². The number of hydrogen-bond donors (Lipinski definition) is 0. The summed E-state index contributed by atoms with van der Waals surface area (Å²) in [6.07, 6.45) is 0. The lowest BCUT2D eigenvalue weighted by Gasteiger charge is -2.19. The third-order valence-corrected chi connectivity index (χ3v) is 18.0. The lowest BCUT2D eigenvalue weighted by atomic mass is 9.84. The molecule has 0 heteroatoms. The van der Waals surface area contributed by atoms with Crippen LogP contribution in [0.25, 0.3) is 174 Å². The van der Waals surface area contributed by atoms with Gasteiger partial charge in [0, 0.05) is 0 Å². The molecule has 388 valence electrons. The Labute approximate surface area is 487 Å². The summed E-state index contributed by atoms with van der Waals surface area (Å²) in [6, 6.07) is 116. The van der Waals surface area contributed by atoms with Crippen LogP contribution in [0.5, 0.6) is 0 Å². The monoisotopic (exact) mass is 1060 g/mol. The summed E-state index contributed by atoms with van der Waals surface area (Å²) in [6.45, 7) is 0. The van der Waals surface area contributed by atoms with E-state index >= 15 is 0 Å². The molecule has 18 aromatic rings. The Balaban J connectivity index is 0.000000133. The van der Waals surface area contributed by atoms with E-state index in [2.05, 4.69) is 315 Å². The van der Waals surface area contributed by atoms with Gasteiger partial charge >= 0.3 is 0 Å². The zero-order chi connectivity index (χ0) is 55.2. The van der Waals surface area contributed by atoms with Crippen LogP contribution in [-0.2, 0) is 0 Å². The fourth-order valence-electron chi connectivity index (χ4n) is 14.1. The summed E-state index contributed by atoms with van der Waals surface area (Å²) in [5.41, 5.74) is 15.1. The van der Waals surface area contributed by atoms with Crippen molar-refractivity contribution >= 4 is 108 Å². The molecule has 0 radical (unpaired) electrons. The molecule has 0 bridgehead atoms. The summed E-state index contributed by atoms with van der Waals surface area (Å²) >= 11 is 0. The Morgan fingerprint density at radius 3 is 1.02 bits per heavy atom. The summed E-state index contributed by atoms with van der Waals surface area (Å²) in [4.78, 5) is 0. The van der Waals surface area contributed by atoms with Crippen LogP contribution in [0.4, 0.5) is 0 Å². The third-order valence-electron chi connectivity index (χ3n) is 18.0. The average Bonchev–Trinajstić information content (AvgIpc) is 1.52. The molecular weight excluding hydrogens is 1010 g/mol. The number of hydrogen-bond acceptors (Lipinski definition) is 0. The van der Waals surface area contributed by atoms with E-state index in [-0.39, 0.29) is 0 Å². The molecule has 0 spiro atoms. The summed E-state index contributed by atoms with van der Waals surface area (Å²) in [5, 5.41) is 26.1. The summed E-state index contributed by atoms with van der Waals surface area (Å²) in [5.74, 6) is 0. The minimum absolute atomic E-state index is 1.23. The van der Waals surface area contributed by atoms with Gasteiger partial charge in [0.25, 0.3) is 0 Å². The Morgan fingerprint density at radius 1 is 0.131 bits per heavy atom. The Hall–Kier alpha value is -10.9. The van der Waals surface area contributed by atoms with Crippen LogP contribution in [0, 0.1) is 0 Å². The van der Waals surface area contributed by atoms with E-state index in [0.29, 0.717) is 0 Å². The molecular formula is C84H52. The van der Waals surface area contributed by atoms with Crippen LogP contribution in [0.2, 0.25) is 0 Å². The van der Waals surface area contributed by atoms with Crippen molar-refractivity contribution in [1.82, 2.24) is 0 Å². The van der Waals surface area contributed by atoms with Gasteiger partial charge in [-0.05, 0) is 193 Å². The molecule has 0 nitrogen and oxygen atoms in total. The SMILES string of the molecule is c1cc(-c2cccc(-c3ccc4ccc5cccc6ccc3c4c56)c2)cc(-c2ccc3ccc4cccc5ccc2c3c45)c1.c1ccc2cc(-c3ccc(-c4c5ccccc5c(-c5cccc6ccccc56)c5ccccc45)cc3)ccc2c1. The molecule has 0 atom stereocenters. The molecule has 0 aliphatic carbocycles. The highest BCUT2D eigenvalue weighted by molar-refractivity contribution is 6.27. The van der Waals surface area contributed by atoms with Gasteiger partial charge in [0.1, 0.15) is 0 Å². The number of rotatable bonds is 6. The third kappa shape index (κ3) is 7.76. The lowest BCUT2D eigenvalue weighted by Crippen LogP contribution is -1.91. The molecule has 0 amide bonds. The Morgan fingerprint density at radius 2 is 0.476 bits per heavy atom. The van der Waals surface area contributed by atoms with Crippen LogP contribution in [0.15, 0.2) is 315 Å². The van der Waals surface area contributed by atoms with E-state index in [9.17, 15) is 0 Å². The molecule has 0 fully saturated rings. The first-order valence-electron chi connectivity index (χ1n) is 29.2. The molecule has 0 aliphatic heterocycles. The highest BCUT2D eigenvalue weighted by atomic mass is 14.2. The standard InChI is InChI=1S/C44H26.C40H26/c1-5-27-13-15-31-17-21-37(39-23-19-29(7-1)41(27)43(31)39)35-11-3-9-33(25-35)34-10-4-12-36(26-34)38-22-18-32-16-14-28-6-2-8-30-20-24-40(38)44(32)42(28)30;1-2-12-31-26-32(25-22-27(31)10-1)28-20-23-30(24-21-28)39-35-15-5-7-17-37(35)40(38-18-8-6-16-36(38)39)34-19-9-13-29-11-3-4-14-33(29)34/h1-26H;1-26H. The van der Waals surface area contributed by atoms with Crippen molar-refractivity contribution in [2.75, 3.05) is 0 Å². The molecule has 18 aromatic carbocycles. The smallest absolute Gasteiger partial charge is 0.00201 e. The summed E-state index contributed by atoms with van der Waals surface area (Å²) < 4.78 is 0. The minimum atomic E-state index is 1.23. The zero-order valence-corrected chi connectivity index (χ0v) is 46.0. The second kappa shape index (κ2) is 19.4. The first kappa shape index (κ1) is 47.8. The van der Waals surface area contributed by atoms with Crippen LogP contribution in [0.1, 0.15) is 0 Å². The molecule has 0 aromatic heterocycles. The van der Waals surface area contributed by atoms with Gasteiger partial charge in [-0.2, -0.15) is 0 Å². The maximum absolute atomic E-state index is 2.36. The van der Waals surface area contributed by atoms with Crippen LogP contribution >= 0.6 is 0 Å². The van der Waals surface area contributed by atoms with Crippen molar-refractivity contribution in [3.63, 3.8) is 0 Å². The molecule has 0 aliphatic rings. The Bertz CT molecular complexity index is 5320. The molecule has 84 heavy (non-hydrogen) atoms. The lowest BCUT2D eigenvalue weighted by molar-refractivity contribution is 1.60. The predicted molar refractivity (Wildman–Crippen MR) is 363 cm³/mol. The van der Waals surface area contributed by atoms with E-state index in [1.807, 2.05) is 0 Å². The maximum atomic E-state index is 2.36. The van der Waals surface area contributed by atoms with Crippen molar-refractivity contribution in [2.24, 2.45) is 0 Å². The van der Waals surface area contributed by atoms with Gasteiger partial charge in [-0.3, -0.25) is 0 Å². The largest absolute Gasteiger partial charge is 0.0616 e. The maximum Gasteiger partial charge on any atom is -0.00201 e. The van der Waals surface area contributed by atoms with Crippen LogP contribution < -0.4 is 0 Å². The van der Waals surface area contributed by atoms with Gasteiger partial charge in [0.2, 0.25) is 0 Å². The minimum Gasteiger partial charge on any atom is -0.0616 e. The van der Waals surface area contributed by atoms with Crippen LogP contribution in [0.3, 0.4) is 0 Å². The number of fused-ring (bicyclic) bond motifs is 4. The molecule has 0 unspecified atom stereocenters. The van der Waals surface area contributed by atoms with E-state index in [4.69, 9.17) is 0 Å². The number of benzene rings is 18. The zero-order valence-electron chi connectivity index (χ0n) is 46.0. The fraction of sp³-hybridized carbons (Fsp3) is 0. The second-order valence-electron chi connectivity index (χ2n) is 22.6. The average molecular weight is 1060 g/mol. The first-order chi connectivity index (χ1) is 41.6. The highest BCUT2D eigenvalue weighted by Gasteiger charge is 2.19. The van der Waals surface area contributed by atoms with Crippen molar-refractivity contribution in [3.8, 4) is 66.8 Å². The molecule has 0 saturated carbocycles. The van der Waals surface area contributed by atoms with Gasteiger partial charge in [-0.25, -0.2) is 0 Å². The van der Waals surface area contributed by atoms with Crippen molar-refractivity contribution in [2.45, 2.75) is 0 Å². The topological polar surface area (TPSA) is 0 Å². The normalized spacial score (nSPS) is 11.8. The van der Waals surface area contributed by atoms with Crippen LogP contribution in [-0.4, -0.2) is 0 Å². The van der Waals surface area contributed by atoms with Gasteiger partial charge in [-0.15, -0.1) is 0 Å². The van der Waals surface area contributed by atoms with Gasteiger partial charge < -0.3 is 0 Å². The van der Waals surface area contributed by atoms with Crippen molar-refractivity contribution in [3.05, 3.63) is 315 Å². The fourth-order valence-corrected chi connectivity index (χ4v) is 14.1. The summed E-state index contributed by atoms with van der Waals surface area (Å²) in [7, 11) is 0. The molecule has 0 N–H and O–H groups in total. The second-order valence-corrected chi connectivity index (χ2v) is 22.6.